The van der Waals surface area contributed by atoms with Gasteiger partial charge in [0.15, 0.2) is 0 Å². The number of likely N-dealkylation sites (N-methyl/N-ethyl adjacent to an activating group) is 1. The van der Waals surface area contributed by atoms with Crippen LogP contribution in [0.1, 0.15) is 33.3 Å². The standard InChI is InChI=1S/C27H33N3O4S/c1-20(26(32)28-27(2,3)4)30(18-21-11-7-6-8-12-21)25(31)19-29(5)35(33,34)24-16-15-22-13-9-10-14-23(22)17-24/h6-17,20H,18-19H2,1-5H3,(H,28,32). The van der Waals surface area contributed by atoms with Crippen LogP contribution in [0.4, 0.5) is 0 Å². The molecule has 0 radical (unpaired) electrons. The van der Waals surface area contributed by atoms with Gasteiger partial charge in [-0.25, -0.2) is 8.42 Å². The lowest BCUT2D eigenvalue weighted by molar-refractivity contribution is -0.141. The summed E-state index contributed by atoms with van der Waals surface area (Å²) in [6, 6.07) is 20.9. The quantitative estimate of drug-likeness (QED) is 0.515. The van der Waals surface area contributed by atoms with Crippen LogP contribution in [0.5, 0.6) is 0 Å². The minimum Gasteiger partial charge on any atom is -0.350 e. The molecule has 0 aliphatic carbocycles. The molecule has 0 aliphatic heterocycles. The highest BCUT2D eigenvalue weighted by molar-refractivity contribution is 7.89. The van der Waals surface area contributed by atoms with Crippen molar-refractivity contribution in [2.75, 3.05) is 13.6 Å². The average molecular weight is 496 g/mol. The third-order valence-electron chi connectivity index (χ3n) is 5.65. The van der Waals surface area contributed by atoms with E-state index in [2.05, 4.69) is 5.32 Å². The van der Waals surface area contributed by atoms with Gasteiger partial charge < -0.3 is 10.2 Å². The van der Waals surface area contributed by atoms with E-state index in [1.807, 2.05) is 75.4 Å². The van der Waals surface area contributed by atoms with Gasteiger partial charge in [0.25, 0.3) is 0 Å². The van der Waals surface area contributed by atoms with Crippen LogP contribution >= 0.6 is 0 Å². The Morgan fingerprint density at radius 3 is 2.14 bits per heavy atom. The number of nitrogens with one attached hydrogen (secondary N) is 1. The van der Waals surface area contributed by atoms with E-state index >= 15 is 0 Å². The second-order valence-corrected chi connectivity index (χ2v) is 11.7. The highest BCUT2D eigenvalue weighted by Gasteiger charge is 2.31. The van der Waals surface area contributed by atoms with Crippen LogP contribution in [0.2, 0.25) is 0 Å². The lowest BCUT2D eigenvalue weighted by Gasteiger charge is -2.32. The zero-order valence-electron chi connectivity index (χ0n) is 20.9. The third-order valence-corrected chi connectivity index (χ3v) is 7.45. The molecule has 2 amide bonds. The highest BCUT2D eigenvalue weighted by Crippen LogP contribution is 2.22. The molecule has 35 heavy (non-hydrogen) atoms. The molecule has 8 heteroatoms. The largest absolute Gasteiger partial charge is 0.350 e. The fourth-order valence-electron chi connectivity index (χ4n) is 3.71. The number of sulfonamides is 1. The Bertz CT molecular complexity index is 1300. The molecule has 0 saturated heterocycles. The maximum Gasteiger partial charge on any atom is 0.243 e. The number of fused-ring (bicyclic) bond motifs is 1. The van der Waals surface area contributed by atoms with Crippen molar-refractivity contribution in [3.8, 4) is 0 Å². The first kappa shape index (κ1) is 26.4. The van der Waals surface area contributed by atoms with Crippen LogP contribution in [-0.4, -0.2) is 54.6 Å². The lowest BCUT2D eigenvalue weighted by Crippen LogP contribution is -2.54. The maximum absolute atomic E-state index is 13.4. The summed E-state index contributed by atoms with van der Waals surface area (Å²) in [4.78, 5) is 27.8. The highest BCUT2D eigenvalue weighted by atomic mass is 32.2. The smallest absolute Gasteiger partial charge is 0.243 e. The zero-order chi connectivity index (χ0) is 25.8. The maximum atomic E-state index is 13.4. The van der Waals surface area contributed by atoms with Crippen LogP contribution in [0, 0.1) is 0 Å². The van der Waals surface area contributed by atoms with Gasteiger partial charge in [-0.3, -0.25) is 9.59 Å². The molecule has 0 heterocycles. The van der Waals surface area contributed by atoms with E-state index in [0.29, 0.717) is 0 Å². The van der Waals surface area contributed by atoms with Crippen molar-refractivity contribution in [1.82, 2.24) is 14.5 Å². The Balaban J connectivity index is 1.84. The van der Waals surface area contributed by atoms with Gasteiger partial charge in [-0.1, -0.05) is 60.7 Å². The summed E-state index contributed by atoms with van der Waals surface area (Å²) in [6.45, 7) is 7.04. The zero-order valence-corrected chi connectivity index (χ0v) is 21.7. The molecule has 3 rings (SSSR count). The molecule has 0 fully saturated rings. The Morgan fingerprint density at radius 2 is 1.51 bits per heavy atom. The number of carbonyl (C=O) groups excluding carboxylic acids is 2. The molecule has 1 unspecified atom stereocenters. The fourth-order valence-corrected chi connectivity index (χ4v) is 4.87. The van der Waals surface area contributed by atoms with Gasteiger partial charge in [0.05, 0.1) is 11.4 Å². The van der Waals surface area contributed by atoms with Crippen LogP contribution in [0.3, 0.4) is 0 Å². The Morgan fingerprint density at radius 1 is 0.914 bits per heavy atom. The van der Waals surface area contributed by atoms with Crippen LogP contribution in [0.15, 0.2) is 77.7 Å². The molecule has 3 aromatic carbocycles. The van der Waals surface area contributed by atoms with E-state index in [4.69, 9.17) is 0 Å². The number of hydrogen-bond donors (Lipinski definition) is 1. The number of rotatable bonds is 8. The van der Waals surface area contributed by atoms with Crippen molar-refractivity contribution in [3.05, 3.63) is 78.4 Å². The van der Waals surface area contributed by atoms with E-state index < -0.39 is 34.1 Å². The van der Waals surface area contributed by atoms with E-state index in [9.17, 15) is 18.0 Å². The summed E-state index contributed by atoms with van der Waals surface area (Å²) < 4.78 is 27.6. The van der Waals surface area contributed by atoms with Crippen LogP contribution in [-0.2, 0) is 26.2 Å². The first-order valence-corrected chi connectivity index (χ1v) is 12.9. The Kier molecular flexibility index (Phi) is 7.97. The lowest BCUT2D eigenvalue weighted by atomic mass is 10.1. The van der Waals surface area contributed by atoms with E-state index in [1.54, 1.807) is 25.1 Å². The van der Waals surface area contributed by atoms with Crippen molar-refractivity contribution < 1.29 is 18.0 Å². The van der Waals surface area contributed by atoms with E-state index in [0.717, 1.165) is 20.6 Å². The topological polar surface area (TPSA) is 86.8 Å². The second kappa shape index (κ2) is 10.6. The molecular formula is C27H33N3O4S. The molecule has 0 aliphatic rings. The Labute approximate surface area is 207 Å². The first-order valence-electron chi connectivity index (χ1n) is 11.5. The summed E-state index contributed by atoms with van der Waals surface area (Å²) in [5.74, 6) is -0.765. The average Bonchev–Trinajstić information content (AvgIpc) is 2.81. The minimum atomic E-state index is -3.92. The minimum absolute atomic E-state index is 0.111. The monoisotopic (exact) mass is 495 g/mol. The molecule has 3 aromatic rings. The van der Waals surface area contributed by atoms with E-state index in [-0.39, 0.29) is 17.3 Å². The van der Waals surface area contributed by atoms with Gasteiger partial charge in [0, 0.05) is 19.1 Å². The SMILES string of the molecule is CC(C(=O)NC(C)(C)C)N(Cc1ccccc1)C(=O)CN(C)S(=O)(=O)c1ccc2ccccc2c1. The molecular weight excluding hydrogens is 462 g/mol. The van der Waals surface area contributed by atoms with Gasteiger partial charge >= 0.3 is 0 Å². The third kappa shape index (κ3) is 6.68. The van der Waals surface area contributed by atoms with Crippen molar-refractivity contribution >= 4 is 32.6 Å². The number of benzene rings is 3. The molecule has 0 saturated carbocycles. The summed E-state index contributed by atoms with van der Waals surface area (Å²) in [5.41, 5.74) is 0.375. The van der Waals surface area contributed by atoms with Gasteiger partial charge in [0.2, 0.25) is 21.8 Å². The summed E-state index contributed by atoms with van der Waals surface area (Å²) in [7, 11) is -2.54. The normalized spacial score (nSPS) is 13.0. The number of hydrogen-bond acceptors (Lipinski definition) is 4. The van der Waals surface area contributed by atoms with Crippen LogP contribution < -0.4 is 5.32 Å². The molecule has 1 N–H and O–H groups in total. The summed E-state index contributed by atoms with van der Waals surface area (Å²) >= 11 is 0. The first-order chi connectivity index (χ1) is 16.4. The van der Waals surface area contributed by atoms with Crippen molar-refractivity contribution in [3.63, 3.8) is 0 Å². The fraction of sp³-hybridized carbons (Fsp3) is 0.333. The van der Waals surface area contributed by atoms with Gasteiger partial charge in [-0.05, 0) is 56.2 Å². The number of nitrogens with zero attached hydrogens (tertiary/aromatic N) is 2. The number of amides is 2. The van der Waals surface area contributed by atoms with E-state index in [1.165, 1.54) is 11.9 Å². The number of carbonyl (C=O) groups is 2. The second-order valence-electron chi connectivity index (χ2n) is 9.69. The van der Waals surface area contributed by atoms with Gasteiger partial charge in [-0.2, -0.15) is 4.31 Å². The molecule has 7 nitrogen and oxygen atoms in total. The Hall–Kier alpha value is -3.23. The molecule has 0 aromatic heterocycles. The van der Waals surface area contributed by atoms with Crippen molar-refractivity contribution in [2.24, 2.45) is 0 Å². The van der Waals surface area contributed by atoms with Gasteiger partial charge in [0.1, 0.15) is 6.04 Å². The van der Waals surface area contributed by atoms with Crippen LogP contribution in [0.25, 0.3) is 10.8 Å². The van der Waals surface area contributed by atoms with Gasteiger partial charge in [-0.15, -0.1) is 0 Å². The molecule has 186 valence electrons. The summed E-state index contributed by atoms with van der Waals surface area (Å²) in [5, 5.41) is 4.63. The molecule has 0 spiro atoms. The predicted octanol–water partition coefficient (Wildman–Crippen LogP) is 3.79. The molecule has 0 bridgehead atoms. The van der Waals surface area contributed by atoms with Crippen molar-refractivity contribution in [2.45, 2.75) is 50.7 Å². The summed E-state index contributed by atoms with van der Waals surface area (Å²) in [6.07, 6.45) is 0. The molecule has 1 atom stereocenters. The van der Waals surface area contributed by atoms with Crippen molar-refractivity contribution in [1.29, 1.82) is 0 Å². The predicted molar refractivity (Wildman–Crippen MR) is 138 cm³/mol.